The van der Waals surface area contributed by atoms with Crippen molar-refractivity contribution in [1.29, 1.82) is 0 Å². The van der Waals surface area contributed by atoms with Crippen molar-refractivity contribution in [3.63, 3.8) is 0 Å². The summed E-state index contributed by atoms with van der Waals surface area (Å²) in [5.41, 5.74) is -0.287. The SMILES string of the molecule is CONC(=O)c1cc(Cc2cccc(NS(C)(=O)=O)c2F)c(F)c(F)c1Nc1ccc(I)cc1F. The van der Waals surface area contributed by atoms with Crippen molar-refractivity contribution in [3.05, 3.63) is 86.0 Å². The Kier molecular flexibility index (Phi) is 8.22. The van der Waals surface area contributed by atoms with Gasteiger partial charge in [0.1, 0.15) is 5.82 Å². The molecule has 35 heavy (non-hydrogen) atoms. The van der Waals surface area contributed by atoms with Crippen LogP contribution in [0, 0.1) is 26.8 Å². The number of carbonyl (C=O) groups excluding carboxylic acids is 1. The van der Waals surface area contributed by atoms with Gasteiger partial charge in [-0.2, -0.15) is 0 Å². The third-order valence-corrected chi connectivity index (χ3v) is 5.93. The quantitative estimate of drug-likeness (QED) is 0.190. The molecule has 0 unspecified atom stereocenters. The van der Waals surface area contributed by atoms with Crippen LogP contribution in [-0.2, 0) is 21.3 Å². The highest BCUT2D eigenvalue weighted by Crippen LogP contribution is 2.32. The molecule has 0 aliphatic rings. The first-order valence-electron chi connectivity index (χ1n) is 9.72. The van der Waals surface area contributed by atoms with Crippen molar-refractivity contribution in [1.82, 2.24) is 5.48 Å². The number of hydroxylamine groups is 1. The van der Waals surface area contributed by atoms with Crippen molar-refractivity contribution in [2.24, 2.45) is 0 Å². The maximum Gasteiger partial charge on any atom is 0.277 e. The molecule has 7 nitrogen and oxygen atoms in total. The van der Waals surface area contributed by atoms with E-state index in [4.69, 9.17) is 0 Å². The fourth-order valence-electron chi connectivity index (χ4n) is 3.18. The van der Waals surface area contributed by atoms with Crippen LogP contribution in [0.1, 0.15) is 21.5 Å². The first kappa shape index (κ1) is 26.7. The number of hydrogen-bond donors (Lipinski definition) is 3. The summed E-state index contributed by atoms with van der Waals surface area (Å²) in [6.07, 6.45) is 0.302. The monoisotopic (exact) mass is 623 g/mol. The molecule has 0 saturated heterocycles. The zero-order valence-electron chi connectivity index (χ0n) is 18.2. The van der Waals surface area contributed by atoms with Gasteiger partial charge < -0.3 is 5.32 Å². The lowest BCUT2D eigenvalue weighted by Crippen LogP contribution is -2.24. The smallest absolute Gasteiger partial charge is 0.277 e. The molecule has 0 aliphatic heterocycles. The van der Waals surface area contributed by atoms with Gasteiger partial charge in [0.05, 0.1) is 36.0 Å². The third-order valence-electron chi connectivity index (χ3n) is 4.67. The number of benzene rings is 3. The zero-order valence-corrected chi connectivity index (χ0v) is 21.2. The minimum Gasteiger partial charge on any atom is -0.350 e. The van der Waals surface area contributed by atoms with Crippen LogP contribution in [0.25, 0.3) is 0 Å². The highest BCUT2D eigenvalue weighted by atomic mass is 127. The van der Waals surface area contributed by atoms with E-state index in [9.17, 15) is 22.0 Å². The first-order valence-corrected chi connectivity index (χ1v) is 12.7. The second-order valence-corrected chi connectivity index (χ2v) is 10.3. The number of nitrogens with one attached hydrogen (secondary N) is 3. The van der Waals surface area contributed by atoms with Crippen LogP contribution in [-0.4, -0.2) is 27.7 Å². The number of sulfonamides is 1. The van der Waals surface area contributed by atoms with Crippen molar-refractivity contribution < 1.29 is 35.6 Å². The maximum absolute atomic E-state index is 15.2. The summed E-state index contributed by atoms with van der Waals surface area (Å²) in [5, 5.41) is 2.39. The predicted octanol–water partition coefficient (Wildman–Crippen LogP) is 4.84. The van der Waals surface area contributed by atoms with Crippen LogP contribution in [0.15, 0.2) is 42.5 Å². The average Bonchev–Trinajstić information content (AvgIpc) is 2.76. The van der Waals surface area contributed by atoms with E-state index in [2.05, 4.69) is 10.2 Å². The highest BCUT2D eigenvalue weighted by molar-refractivity contribution is 14.1. The van der Waals surface area contributed by atoms with E-state index in [-0.39, 0.29) is 16.9 Å². The summed E-state index contributed by atoms with van der Waals surface area (Å²) >= 11 is 1.87. The van der Waals surface area contributed by atoms with E-state index in [1.165, 1.54) is 24.3 Å². The molecule has 1 amide bonds. The van der Waals surface area contributed by atoms with E-state index in [1.54, 1.807) is 0 Å². The second kappa shape index (κ2) is 10.8. The van der Waals surface area contributed by atoms with Crippen molar-refractivity contribution in [2.45, 2.75) is 6.42 Å². The molecule has 3 aromatic rings. The fraction of sp³-hybridized carbons (Fsp3) is 0.136. The number of halogens is 5. The predicted molar refractivity (Wildman–Crippen MR) is 131 cm³/mol. The lowest BCUT2D eigenvalue weighted by atomic mass is 9.99. The summed E-state index contributed by atoms with van der Waals surface area (Å²) in [6.45, 7) is 0. The molecule has 13 heteroatoms. The van der Waals surface area contributed by atoms with Gasteiger partial charge in [0.15, 0.2) is 17.5 Å². The Hall–Kier alpha value is -2.91. The summed E-state index contributed by atoms with van der Waals surface area (Å²) in [5.74, 6) is -5.66. The van der Waals surface area contributed by atoms with Gasteiger partial charge in [0.2, 0.25) is 10.0 Å². The van der Waals surface area contributed by atoms with Gasteiger partial charge in [0, 0.05) is 9.99 Å². The standard InChI is InChI=1S/C22H18F4IN3O4S/c1-34-29-22(31)14-9-12(8-11-4-3-5-17(18(11)24)30-35(2,32)33)19(25)20(26)21(14)28-16-7-6-13(27)10-15(16)23/h3-7,9-10,28,30H,8H2,1-2H3,(H,29,31). The van der Waals surface area contributed by atoms with E-state index in [1.807, 2.05) is 32.8 Å². The largest absolute Gasteiger partial charge is 0.350 e. The van der Waals surface area contributed by atoms with Crippen molar-refractivity contribution in [3.8, 4) is 0 Å². The molecule has 3 rings (SSSR count). The fourth-order valence-corrected chi connectivity index (χ4v) is 4.19. The van der Waals surface area contributed by atoms with Crippen LogP contribution < -0.4 is 15.5 Å². The van der Waals surface area contributed by atoms with Gasteiger partial charge in [-0.1, -0.05) is 12.1 Å². The molecule has 3 aromatic carbocycles. The summed E-state index contributed by atoms with van der Waals surface area (Å²) in [6, 6.07) is 8.67. The topological polar surface area (TPSA) is 96.5 Å². The Labute approximate surface area is 212 Å². The lowest BCUT2D eigenvalue weighted by molar-refractivity contribution is 0.0538. The molecule has 0 atom stereocenters. The van der Waals surface area contributed by atoms with Gasteiger partial charge in [-0.15, -0.1) is 0 Å². The Bertz CT molecular complexity index is 1400. The first-order chi connectivity index (χ1) is 16.4. The molecule has 0 fully saturated rings. The van der Waals surface area contributed by atoms with Crippen molar-refractivity contribution >= 4 is 55.6 Å². The van der Waals surface area contributed by atoms with Crippen LogP contribution in [0.3, 0.4) is 0 Å². The van der Waals surface area contributed by atoms with E-state index in [0.717, 1.165) is 31.6 Å². The molecule has 0 heterocycles. The van der Waals surface area contributed by atoms with Gasteiger partial charge in [-0.3, -0.25) is 14.4 Å². The molecular weight excluding hydrogens is 605 g/mol. The molecule has 186 valence electrons. The van der Waals surface area contributed by atoms with Crippen LogP contribution >= 0.6 is 22.6 Å². The molecule has 0 saturated carbocycles. The number of rotatable bonds is 8. The Balaban J connectivity index is 2.09. The Morgan fingerprint density at radius 3 is 2.31 bits per heavy atom. The summed E-state index contributed by atoms with van der Waals surface area (Å²) in [4.78, 5) is 17.1. The van der Waals surface area contributed by atoms with Crippen LogP contribution in [0.5, 0.6) is 0 Å². The van der Waals surface area contributed by atoms with Gasteiger partial charge in [-0.25, -0.2) is 31.5 Å². The van der Waals surface area contributed by atoms with Gasteiger partial charge in [0.25, 0.3) is 5.91 Å². The molecule has 3 N–H and O–H groups in total. The molecular formula is C22H18F4IN3O4S. The second-order valence-electron chi connectivity index (χ2n) is 7.30. The summed E-state index contributed by atoms with van der Waals surface area (Å²) < 4.78 is 84.8. The lowest BCUT2D eigenvalue weighted by Gasteiger charge is -2.17. The Morgan fingerprint density at radius 2 is 1.69 bits per heavy atom. The molecule has 0 aromatic heterocycles. The molecule has 0 bridgehead atoms. The van der Waals surface area contributed by atoms with E-state index in [0.29, 0.717) is 3.57 Å². The minimum absolute atomic E-state index is 0.167. The number of anilines is 3. The zero-order chi connectivity index (χ0) is 25.9. The van der Waals surface area contributed by atoms with Crippen LogP contribution in [0.4, 0.5) is 34.6 Å². The number of carbonyl (C=O) groups is 1. The van der Waals surface area contributed by atoms with E-state index < -0.39 is 62.4 Å². The highest BCUT2D eigenvalue weighted by Gasteiger charge is 2.25. The minimum atomic E-state index is -3.80. The van der Waals surface area contributed by atoms with E-state index >= 15 is 8.78 Å². The summed E-state index contributed by atoms with van der Waals surface area (Å²) in [7, 11) is -2.68. The average molecular weight is 623 g/mol. The molecule has 0 radical (unpaired) electrons. The number of hydrogen-bond acceptors (Lipinski definition) is 5. The molecule has 0 aliphatic carbocycles. The normalized spacial score (nSPS) is 11.3. The van der Waals surface area contributed by atoms with Crippen molar-refractivity contribution in [2.75, 3.05) is 23.4 Å². The molecule has 0 spiro atoms. The van der Waals surface area contributed by atoms with Gasteiger partial charge in [-0.05, 0) is 64.0 Å². The Morgan fingerprint density at radius 1 is 0.971 bits per heavy atom. The maximum atomic E-state index is 15.2. The third kappa shape index (κ3) is 6.41. The van der Waals surface area contributed by atoms with Gasteiger partial charge >= 0.3 is 0 Å². The van der Waals surface area contributed by atoms with Crippen LogP contribution in [0.2, 0.25) is 0 Å². The number of amides is 1.